The van der Waals surface area contributed by atoms with E-state index in [1.807, 2.05) is 30.5 Å². The minimum Gasteiger partial charge on any atom is -0.493 e. The zero-order valence-electron chi connectivity index (χ0n) is 12.3. The Morgan fingerprint density at radius 3 is 2.81 bits per heavy atom. The van der Waals surface area contributed by atoms with Crippen LogP contribution in [0.3, 0.4) is 0 Å². The molecule has 0 aliphatic heterocycles. The van der Waals surface area contributed by atoms with Crippen LogP contribution >= 0.6 is 0 Å². The van der Waals surface area contributed by atoms with Crippen molar-refractivity contribution in [1.29, 1.82) is 0 Å². The van der Waals surface area contributed by atoms with E-state index < -0.39 is 0 Å². The van der Waals surface area contributed by atoms with Crippen LogP contribution in [0.15, 0.2) is 36.7 Å². The van der Waals surface area contributed by atoms with E-state index in [1.54, 1.807) is 13.3 Å². The first-order chi connectivity index (χ1) is 10.2. The topological polar surface area (TPSA) is 63.6 Å². The highest BCUT2D eigenvalue weighted by Crippen LogP contribution is 2.30. The van der Waals surface area contributed by atoms with Gasteiger partial charge in [-0.05, 0) is 36.2 Å². The van der Waals surface area contributed by atoms with Gasteiger partial charge in [0.25, 0.3) is 0 Å². The SMILES string of the molecule is COc1ccc(NCc2cnccc2C)cc1OCCO. The molecule has 112 valence electrons. The molecule has 5 nitrogen and oxygen atoms in total. The Balaban J connectivity index is 2.08. The Morgan fingerprint density at radius 2 is 2.10 bits per heavy atom. The summed E-state index contributed by atoms with van der Waals surface area (Å²) in [7, 11) is 1.59. The molecule has 0 atom stereocenters. The molecule has 5 heteroatoms. The molecule has 21 heavy (non-hydrogen) atoms. The second-order valence-electron chi connectivity index (χ2n) is 4.59. The lowest BCUT2D eigenvalue weighted by Crippen LogP contribution is -2.05. The number of hydrogen-bond donors (Lipinski definition) is 2. The molecule has 1 heterocycles. The van der Waals surface area contributed by atoms with Gasteiger partial charge in [0.15, 0.2) is 11.5 Å². The van der Waals surface area contributed by atoms with Crippen molar-refractivity contribution in [3.05, 3.63) is 47.8 Å². The molecule has 0 unspecified atom stereocenters. The Bertz CT molecular complexity index is 587. The highest BCUT2D eigenvalue weighted by Gasteiger charge is 2.06. The lowest BCUT2D eigenvalue weighted by molar-refractivity contribution is 0.196. The van der Waals surface area contributed by atoms with Gasteiger partial charge in [-0.15, -0.1) is 0 Å². The van der Waals surface area contributed by atoms with E-state index >= 15 is 0 Å². The minimum atomic E-state index is -0.0321. The van der Waals surface area contributed by atoms with Gasteiger partial charge < -0.3 is 19.9 Å². The van der Waals surface area contributed by atoms with Crippen molar-refractivity contribution in [3.63, 3.8) is 0 Å². The van der Waals surface area contributed by atoms with Crippen molar-refractivity contribution in [1.82, 2.24) is 4.98 Å². The number of aliphatic hydroxyl groups excluding tert-OH is 1. The van der Waals surface area contributed by atoms with Crippen molar-refractivity contribution in [2.45, 2.75) is 13.5 Å². The Hall–Kier alpha value is -2.27. The number of ether oxygens (including phenoxy) is 2. The Morgan fingerprint density at radius 1 is 1.24 bits per heavy atom. The summed E-state index contributed by atoms with van der Waals surface area (Å²) in [5.41, 5.74) is 3.26. The quantitative estimate of drug-likeness (QED) is 0.819. The molecular formula is C16H20N2O3. The molecular weight excluding hydrogens is 268 g/mol. The second kappa shape index (κ2) is 7.50. The highest BCUT2D eigenvalue weighted by molar-refractivity contribution is 5.55. The number of hydrogen-bond acceptors (Lipinski definition) is 5. The zero-order chi connectivity index (χ0) is 15.1. The third kappa shape index (κ3) is 4.10. The molecule has 0 radical (unpaired) electrons. The number of anilines is 1. The van der Waals surface area contributed by atoms with E-state index in [0.29, 0.717) is 18.0 Å². The van der Waals surface area contributed by atoms with Gasteiger partial charge in [0, 0.05) is 30.7 Å². The third-order valence-corrected chi connectivity index (χ3v) is 3.14. The van der Waals surface area contributed by atoms with Crippen LogP contribution in [0.1, 0.15) is 11.1 Å². The number of aromatic nitrogens is 1. The van der Waals surface area contributed by atoms with Crippen LogP contribution in [0, 0.1) is 6.92 Å². The highest BCUT2D eigenvalue weighted by atomic mass is 16.5. The number of nitrogens with zero attached hydrogens (tertiary/aromatic N) is 1. The van der Waals surface area contributed by atoms with Crippen LogP contribution in [0.4, 0.5) is 5.69 Å². The predicted octanol–water partition coefficient (Wildman–Crippen LogP) is 2.38. The maximum Gasteiger partial charge on any atom is 0.163 e. The van der Waals surface area contributed by atoms with E-state index in [4.69, 9.17) is 14.6 Å². The summed E-state index contributed by atoms with van der Waals surface area (Å²) in [5, 5.41) is 12.2. The molecule has 0 aliphatic carbocycles. The average molecular weight is 288 g/mol. The molecule has 1 aromatic heterocycles. The van der Waals surface area contributed by atoms with Gasteiger partial charge in [-0.25, -0.2) is 0 Å². The van der Waals surface area contributed by atoms with Gasteiger partial charge in [-0.2, -0.15) is 0 Å². The van der Waals surface area contributed by atoms with Crippen LogP contribution in [0.5, 0.6) is 11.5 Å². The summed E-state index contributed by atoms with van der Waals surface area (Å²) in [5.74, 6) is 1.26. The van der Waals surface area contributed by atoms with E-state index in [0.717, 1.165) is 11.3 Å². The van der Waals surface area contributed by atoms with Gasteiger partial charge >= 0.3 is 0 Å². The first kappa shape index (κ1) is 15.1. The van der Waals surface area contributed by atoms with Gasteiger partial charge in [0.2, 0.25) is 0 Å². The van der Waals surface area contributed by atoms with Gasteiger partial charge in [0.1, 0.15) is 6.61 Å². The van der Waals surface area contributed by atoms with Gasteiger partial charge in [0.05, 0.1) is 13.7 Å². The molecule has 0 aliphatic rings. The molecule has 1 aromatic carbocycles. The van der Waals surface area contributed by atoms with Gasteiger partial charge in [-0.3, -0.25) is 4.98 Å². The van der Waals surface area contributed by atoms with Crippen molar-refractivity contribution in [2.24, 2.45) is 0 Å². The first-order valence-electron chi connectivity index (χ1n) is 6.79. The third-order valence-electron chi connectivity index (χ3n) is 3.14. The maximum absolute atomic E-state index is 8.85. The first-order valence-corrected chi connectivity index (χ1v) is 6.79. The van der Waals surface area contributed by atoms with E-state index in [2.05, 4.69) is 17.2 Å². The van der Waals surface area contributed by atoms with Crippen LogP contribution in [-0.2, 0) is 6.54 Å². The predicted molar refractivity (Wildman–Crippen MR) is 81.9 cm³/mol. The fourth-order valence-corrected chi connectivity index (χ4v) is 1.93. The van der Waals surface area contributed by atoms with Gasteiger partial charge in [-0.1, -0.05) is 0 Å². The zero-order valence-corrected chi connectivity index (χ0v) is 12.3. The molecule has 0 saturated carbocycles. The molecule has 0 amide bonds. The Kier molecular flexibility index (Phi) is 5.40. The van der Waals surface area contributed by atoms with Crippen LogP contribution in [0.2, 0.25) is 0 Å². The number of methoxy groups -OCH3 is 1. The number of benzene rings is 1. The fourth-order valence-electron chi connectivity index (χ4n) is 1.93. The van der Waals surface area contributed by atoms with E-state index in [9.17, 15) is 0 Å². The summed E-state index contributed by atoms with van der Waals surface area (Å²) < 4.78 is 10.7. The molecule has 0 fully saturated rings. The van der Waals surface area contributed by atoms with Crippen molar-refractivity contribution in [3.8, 4) is 11.5 Å². The summed E-state index contributed by atoms with van der Waals surface area (Å²) in [6, 6.07) is 7.61. The Labute approximate surface area is 124 Å². The number of nitrogens with one attached hydrogen (secondary N) is 1. The lowest BCUT2D eigenvalue weighted by atomic mass is 10.1. The molecule has 0 spiro atoms. The van der Waals surface area contributed by atoms with Crippen molar-refractivity contribution < 1.29 is 14.6 Å². The van der Waals surface area contributed by atoms with Crippen LogP contribution in [0.25, 0.3) is 0 Å². The summed E-state index contributed by atoms with van der Waals surface area (Å²) in [6.45, 7) is 2.95. The van der Waals surface area contributed by atoms with E-state index in [1.165, 1.54) is 5.56 Å². The standard InChI is InChI=1S/C16H20N2O3/c1-12-5-6-17-10-13(12)11-18-14-3-4-15(20-2)16(9-14)21-8-7-19/h3-6,9-10,18-19H,7-8,11H2,1-2H3. The summed E-state index contributed by atoms with van der Waals surface area (Å²) >= 11 is 0. The molecule has 2 N–H and O–H groups in total. The number of rotatable bonds is 7. The lowest BCUT2D eigenvalue weighted by Gasteiger charge is -2.13. The normalized spacial score (nSPS) is 10.2. The molecule has 0 bridgehead atoms. The summed E-state index contributed by atoms with van der Waals surface area (Å²) in [4.78, 5) is 4.13. The number of pyridine rings is 1. The monoisotopic (exact) mass is 288 g/mol. The fraction of sp³-hybridized carbons (Fsp3) is 0.312. The smallest absolute Gasteiger partial charge is 0.163 e. The van der Waals surface area contributed by atoms with Crippen LogP contribution < -0.4 is 14.8 Å². The van der Waals surface area contributed by atoms with Crippen molar-refractivity contribution in [2.75, 3.05) is 25.6 Å². The van der Waals surface area contributed by atoms with Crippen molar-refractivity contribution >= 4 is 5.69 Å². The molecule has 0 saturated heterocycles. The maximum atomic E-state index is 8.85. The van der Waals surface area contributed by atoms with Crippen LogP contribution in [-0.4, -0.2) is 30.4 Å². The number of aryl methyl sites for hydroxylation is 1. The summed E-state index contributed by atoms with van der Waals surface area (Å²) in [6.07, 6.45) is 3.64. The van der Waals surface area contributed by atoms with E-state index in [-0.39, 0.29) is 13.2 Å². The number of aliphatic hydroxyl groups is 1. The average Bonchev–Trinajstić information content (AvgIpc) is 2.52. The largest absolute Gasteiger partial charge is 0.493 e. The molecule has 2 rings (SSSR count). The second-order valence-corrected chi connectivity index (χ2v) is 4.59. The minimum absolute atomic E-state index is 0.0321. The molecule has 2 aromatic rings.